The number of aromatic nitrogens is 2. The highest BCUT2D eigenvalue weighted by molar-refractivity contribution is 7.92. The largest absolute Gasteiger partial charge is 0.494 e. The molecule has 2 N–H and O–H groups in total. The standard InChI is InChI=1S/C25H26N4O4S/c1-3-33-21-12-14-22(15-13-21)34(31,32)28-20-10-8-19(9-11-20)25(30)26-16-17-29-18(2)27-23-6-4-5-7-24(23)29/h4-15,28H,3,16-17H2,1-2H3,(H,26,30). The number of imidazole rings is 1. The number of fused-ring (bicyclic) bond motifs is 1. The average molecular weight is 479 g/mol. The molecule has 0 aliphatic carbocycles. The molecule has 0 bridgehead atoms. The topological polar surface area (TPSA) is 102 Å². The Balaban J connectivity index is 1.35. The summed E-state index contributed by atoms with van der Waals surface area (Å²) in [6.07, 6.45) is 0. The van der Waals surface area contributed by atoms with Gasteiger partial charge < -0.3 is 14.6 Å². The molecule has 0 saturated heterocycles. The SMILES string of the molecule is CCOc1ccc(S(=O)(=O)Nc2ccc(C(=O)NCCn3c(C)nc4ccccc43)cc2)cc1. The van der Waals surface area contributed by atoms with E-state index >= 15 is 0 Å². The number of aryl methyl sites for hydroxylation is 1. The number of hydrogen-bond acceptors (Lipinski definition) is 5. The third-order valence-electron chi connectivity index (χ3n) is 5.31. The van der Waals surface area contributed by atoms with Crippen molar-refractivity contribution in [2.75, 3.05) is 17.9 Å². The molecular formula is C25H26N4O4S. The zero-order valence-corrected chi connectivity index (χ0v) is 19.8. The van der Waals surface area contributed by atoms with E-state index in [1.165, 1.54) is 12.1 Å². The number of amides is 1. The molecule has 34 heavy (non-hydrogen) atoms. The van der Waals surface area contributed by atoms with Gasteiger partial charge in [0.25, 0.3) is 15.9 Å². The first-order valence-corrected chi connectivity index (χ1v) is 12.4. The van der Waals surface area contributed by atoms with E-state index in [9.17, 15) is 13.2 Å². The van der Waals surface area contributed by atoms with Crippen LogP contribution in [0.1, 0.15) is 23.1 Å². The minimum Gasteiger partial charge on any atom is -0.494 e. The van der Waals surface area contributed by atoms with Gasteiger partial charge in [-0.05, 0) is 74.5 Å². The highest BCUT2D eigenvalue weighted by Gasteiger charge is 2.15. The lowest BCUT2D eigenvalue weighted by Gasteiger charge is -2.11. The number of hydrogen-bond donors (Lipinski definition) is 2. The van der Waals surface area contributed by atoms with E-state index < -0.39 is 10.0 Å². The molecule has 0 atom stereocenters. The van der Waals surface area contributed by atoms with Crippen LogP contribution in [0.25, 0.3) is 11.0 Å². The van der Waals surface area contributed by atoms with Crippen LogP contribution in [0.2, 0.25) is 0 Å². The highest BCUT2D eigenvalue weighted by atomic mass is 32.2. The van der Waals surface area contributed by atoms with E-state index in [0.717, 1.165) is 16.9 Å². The third kappa shape index (κ3) is 5.20. The number of ether oxygens (including phenoxy) is 1. The Morgan fingerprint density at radius 2 is 1.71 bits per heavy atom. The molecule has 176 valence electrons. The van der Waals surface area contributed by atoms with Crippen molar-refractivity contribution < 1.29 is 17.9 Å². The molecule has 9 heteroatoms. The summed E-state index contributed by atoms with van der Waals surface area (Å²) in [5.74, 6) is 1.26. The fraction of sp³-hybridized carbons (Fsp3) is 0.200. The summed E-state index contributed by atoms with van der Waals surface area (Å²) >= 11 is 0. The summed E-state index contributed by atoms with van der Waals surface area (Å²) in [5, 5.41) is 2.90. The molecule has 0 radical (unpaired) electrons. The minimum atomic E-state index is -3.75. The van der Waals surface area contributed by atoms with Crippen molar-refractivity contribution in [3.63, 3.8) is 0 Å². The van der Waals surface area contributed by atoms with E-state index in [2.05, 4.69) is 19.6 Å². The van der Waals surface area contributed by atoms with Crippen molar-refractivity contribution in [1.29, 1.82) is 0 Å². The van der Waals surface area contributed by atoms with Crippen molar-refractivity contribution in [3.8, 4) is 5.75 Å². The number of nitrogens with one attached hydrogen (secondary N) is 2. The first-order chi connectivity index (χ1) is 16.4. The van der Waals surface area contributed by atoms with E-state index in [-0.39, 0.29) is 10.8 Å². The zero-order valence-electron chi connectivity index (χ0n) is 19.0. The van der Waals surface area contributed by atoms with Crippen molar-refractivity contribution in [2.45, 2.75) is 25.3 Å². The number of carbonyl (C=O) groups excluding carboxylic acids is 1. The molecule has 3 aromatic carbocycles. The molecule has 0 saturated carbocycles. The van der Waals surface area contributed by atoms with Crippen molar-refractivity contribution >= 4 is 32.7 Å². The van der Waals surface area contributed by atoms with Crippen LogP contribution in [-0.2, 0) is 16.6 Å². The Hall–Kier alpha value is -3.85. The van der Waals surface area contributed by atoms with Gasteiger partial charge in [-0.25, -0.2) is 13.4 Å². The number of benzene rings is 3. The molecule has 8 nitrogen and oxygen atoms in total. The van der Waals surface area contributed by atoms with E-state index in [4.69, 9.17) is 4.74 Å². The number of rotatable bonds is 9. The van der Waals surface area contributed by atoms with E-state index in [0.29, 0.717) is 36.7 Å². The van der Waals surface area contributed by atoms with Gasteiger partial charge in [0, 0.05) is 24.3 Å². The second-order valence-electron chi connectivity index (χ2n) is 7.64. The van der Waals surface area contributed by atoms with Gasteiger partial charge in [-0.15, -0.1) is 0 Å². The lowest BCUT2D eigenvalue weighted by Crippen LogP contribution is -2.27. The molecule has 1 heterocycles. The first kappa shape index (κ1) is 23.3. The second-order valence-corrected chi connectivity index (χ2v) is 9.32. The molecule has 0 aliphatic rings. The van der Waals surface area contributed by atoms with Crippen molar-refractivity contribution in [1.82, 2.24) is 14.9 Å². The molecule has 1 aromatic heterocycles. The Morgan fingerprint density at radius 1 is 1.00 bits per heavy atom. The summed E-state index contributed by atoms with van der Waals surface area (Å²) < 4.78 is 35.2. The minimum absolute atomic E-state index is 0.125. The van der Waals surface area contributed by atoms with Gasteiger partial charge in [-0.1, -0.05) is 12.1 Å². The summed E-state index contributed by atoms with van der Waals surface area (Å²) in [7, 11) is -3.75. The quantitative estimate of drug-likeness (QED) is 0.379. The van der Waals surface area contributed by atoms with E-state index in [1.807, 2.05) is 38.1 Å². The Morgan fingerprint density at radius 3 is 2.41 bits per heavy atom. The van der Waals surface area contributed by atoms with Crippen LogP contribution in [0.3, 0.4) is 0 Å². The number of para-hydroxylation sites is 2. The van der Waals surface area contributed by atoms with Gasteiger partial charge >= 0.3 is 0 Å². The fourth-order valence-electron chi connectivity index (χ4n) is 3.65. The fourth-order valence-corrected chi connectivity index (χ4v) is 4.71. The molecular weight excluding hydrogens is 452 g/mol. The van der Waals surface area contributed by atoms with Gasteiger partial charge in [0.1, 0.15) is 11.6 Å². The van der Waals surface area contributed by atoms with Gasteiger partial charge in [-0.3, -0.25) is 9.52 Å². The highest BCUT2D eigenvalue weighted by Crippen LogP contribution is 2.20. The Kier molecular flexibility index (Phi) is 6.83. The molecule has 0 unspecified atom stereocenters. The number of carbonyl (C=O) groups is 1. The Bertz CT molecular complexity index is 1400. The maximum absolute atomic E-state index is 12.6. The summed E-state index contributed by atoms with van der Waals surface area (Å²) in [5.41, 5.74) is 2.76. The van der Waals surface area contributed by atoms with Crippen LogP contribution in [0, 0.1) is 6.92 Å². The van der Waals surface area contributed by atoms with Crippen molar-refractivity contribution in [2.24, 2.45) is 0 Å². The average Bonchev–Trinajstić information content (AvgIpc) is 3.15. The van der Waals surface area contributed by atoms with Gasteiger partial charge in [0.2, 0.25) is 0 Å². The second kappa shape index (κ2) is 9.96. The zero-order chi connectivity index (χ0) is 24.1. The van der Waals surface area contributed by atoms with Crippen LogP contribution in [0.5, 0.6) is 5.75 Å². The maximum atomic E-state index is 12.6. The molecule has 0 fully saturated rings. The number of nitrogens with zero attached hydrogens (tertiary/aromatic N) is 2. The summed E-state index contributed by atoms with van der Waals surface area (Å²) in [6.45, 7) is 5.34. The predicted molar refractivity (Wildman–Crippen MR) is 132 cm³/mol. The smallest absolute Gasteiger partial charge is 0.261 e. The summed E-state index contributed by atoms with van der Waals surface area (Å²) in [4.78, 5) is 17.2. The van der Waals surface area contributed by atoms with Crippen molar-refractivity contribution in [3.05, 3.63) is 84.2 Å². The van der Waals surface area contributed by atoms with Gasteiger partial charge in [0.05, 0.1) is 22.5 Å². The summed E-state index contributed by atoms with van der Waals surface area (Å²) in [6, 6.07) is 20.4. The van der Waals surface area contributed by atoms with Crippen LogP contribution in [-0.4, -0.2) is 37.0 Å². The van der Waals surface area contributed by atoms with Gasteiger partial charge in [-0.2, -0.15) is 0 Å². The Labute approximate surface area is 198 Å². The van der Waals surface area contributed by atoms with Crippen LogP contribution < -0.4 is 14.8 Å². The first-order valence-electron chi connectivity index (χ1n) is 10.9. The monoisotopic (exact) mass is 478 g/mol. The van der Waals surface area contributed by atoms with Crippen LogP contribution >= 0.6 is 0 Å². The van der Waals surface area contributed by atoms with E-state index in [1.54, 1.807) is 36.4 Å². The normalized spacial score (nSPS) is 11.4. The molecule has 4 aromatic rings. The molecule has 4 rings (SSSR count). The maximum Gasteiger partial charge on any atom is 0.261 e. The molecule has 0 spiro atoms. The lowest BCUT2D eigenvalue weighted by molar-refractivity contribution is 0.0952. The molecule has 1 amide bonds. The predicted octanol–water partition coefficient (Wildman–Crippen LogP) is 3.97. The van der Waals surface area contributed by atoms with Crippen LogP contribution in [0.4, 0.5) is 5.69 Å². The number of sulfonamides is 1. The lowest BCUT2D eigenvalue weighted by atomic mass is 10.2. The third-order valence-corrected chi connectivity index (χ3v) is 6.71. The number of anilines is 1. The molecule has 0 aliphatic heterocycles. The van der Waals surface area contributed by atoms with Gasteiger partial charge in [0.15, 0.2) is 0 Å². The van der Waals surface area contributed by atoms with Crippen LogP contribution in [0.15, 0.2) is 77.7 Å².